The summed E-state index contributed by atoms with van der Waals surface area (Å²) in [6.07, 6.45) is -1.49. The summed E-state index contributed by atoms with van der Waals surface area (Å²) in [5, 5.41) is 12.4. The molecule has 3 rings (SSSR count). The van der Waals surface area contributed by atoms with Crippen molar-refractivity contribution in [3.63, 3.8) is 0 Å². The van der Waals surface area contributed by atoms with E-state index >= 15 is 0 Å². The summed E-state index contributed by atoms with van der Waals surface area (Å²) in [6.45, 7) is 0.636. The summed E-state index contributed by atoms with van der Waals surface area (Å²) in [5.41, 5.74) is -1.21. The number of piperidine rings is 1. The van der Waals surface area contributed by atoms with Crippen LogP contribution in [0.4, 0.5) is 13.2 Å². The van der Waals surface area contributed by atoms with E-state index < -0.39 is 17.8 Å². The van der Waals surface area contributed by atoms with Gasteiger partial charge in [0.2, 0.25) is 5.91 Å². The van der Waals surface area contributed by atoms with Crippen molar-refractivity contribution in [3.05, 3.63) is 18.0 Å². The fourth-order valence-corrected chi connectivity index (χ4v) is 3.29. The first kappa shape index (κ1) is 15.8. The van der Waals surface area contributed by atoms with Crippen LogP contribution in [0.25, 0.3) is 0 Å². The SMILES string of the molecule is O=C(O)C1CC12CCN(C(=O)Cn1ccc(C(F)(F)F)n1)CC2. The van der Waals surface area contributed by atoms with Crippen molar-refractivity contribution in [1.82, 2.24) is 14.7 Å². The minimum absolute atomic E-state index is 0.183. The number of rotatable bonds is 3. The van der Waals surface area contributed by atoms with E-state index in [2.05, 4.69) is 5.10 Å². The number of carboxylic acid groups (broad SMARTS) is 1. The van der Waals surface area contributed by atoms with E-state index in [1.807, 2.05) is 0 Å². The highest BCUT2D eigenvalue weighted by atomic mass is 19.4. The van der Waals surface area contributed by atoms with Gasteiger partial charge < -0.3 is 10.0 Å². The van der Waals surface area contributed by atoms with E-state index in [1.165, 1.54) is 0 Å². The molecule has 1 unspecified atom stereocenters. The summed E-state index contributed by atoms with van der Waals surface area (Å²) >= 11 is 0. The third-order valence-corrected chi connectivity index (χ3v) is 4.83. The Balaban J connectivity index is 1.54. The van der Waals surface area contributed by atoms with Gasteiger partial charge in [-0.2, -0.15) is 18.3 Å². The molecule has 1 spiro atoms. The number of nitrogens with zero attached hydrogens (tertiary/aromatic N) is 3. The Hall–Kier alpha value is -2.06. The number of likely N-dealkylation sites (tertiary alicyclic amines) is 1. The van der Waals surface area contributed by atoms with E-state index in [0.29, 0.717) is 32.4 Å². The topological polar surface area (TPSA) is 75.4 Å². The van der Waals surface area contributed by atoms with Gasteiger partial charge in [-0.25, -0.2) is 0 Å². The van der Waals surface area contributed by atoms with Crippen LogP contribution in [-0.4, -0.2) is 44.8 Å². The molecule has 1 atom stereocenters. The molecule has 126 valence electrons. The Labute approximate surface area is 129 Å². The summed E-state index contributed by atoms with van der Waals surface area (Å²) in [6, 6.07) is 0.833. The van der Waals surface area contributed by atoms with Gasteiger partial charge in [0.25, 0.3) is 0 Å². The quantitative estimate of drug-likeness (QED) is 0.913. The molecule has 1 aromatic rings. The molecule has 1 saturated carbocycles. The molecule has 1 aliphatic carbocycles. The van der Waals surface area contributed by atoms with Gasteiger partial charge in [-0.05, 0) is 30.7 Å². The van der Waals surface area contributed by atoms with Crippen molar-refractivity contribution in [1.29, 1.82) is 0 Å². The van der Waals surface area contributed by atoms with Crippen LogP contribution in [-0.2, 0) is 22.3 Å². The number of aromatic nitrogens is 2. The van der Waals surface area contributed by atoms with Gasteiger partial charge in [0.15, 0.2) is 5.69 Å². The van der Waals surface area contributed by atoms with Gasteiger partial charge in [0.05, 0.1) is 5.92 Å². The third-order valence-electron chi connectivity index (χ3n) is 4.83. The minimum atomic E-state index is -4.52. The van der Waals surface area contributed by atoms with Crippen LogP contribution >= 0.6 is 0 Å². The average molecular weight is 331 g/mol. The number of hydrogen-bond acceptors (Lipinski definition) is 3. The highest BCUT2D eigenvalue weighted by Crippen LogP contribution is 2.59. The summed E-state index contributed by atoms with van der Waals surface area (Å²) in [7, 11) is 0. The van der Waals surface area contributed by atoms with Crippen molar-refractivity contribution < 1.29 is 27.9 Å². The molecule has 1 saturated heterocycles. The summed E-state index contributed by atoms with van der Waals surface area (Å²) in [5.74, 6) is -1.41. The van der Waals surface area contributed by atoms with Gasteiger partial charge in [0, 0.05) is 19.3 Å². The van der Waals surface area contributed by atoms with E-state index in [9.17, 15) is 22.8 Å². The molecular weight excluding hydrogens is 315 g/mol. The minimum Gasteiger partial charge on any atom is -0.481 e. The van der Waals surface area contributed by atoms with Crippen LogP contribution in [0.3, 0.4) is 0 Å². The smallest absolute Gasteiger partial charge is 0.435 e. The van der Waals surface area contributed by atoms with Crippen LogP contribution in [0.2, 0.25) is 0 Å². The lowest BCUT2D eigenvalue weighted by Gasteiger charge is -2.32. The molecule has 9 heteroatoms. The van der Waals surface area contributed by atoms with Crippen LogP contribution in [0.5, 0.6) is 0 Å². The number of alkyl halides is 3. The normalized spacial score (nSPS) is 23.1. The van der Waals surface area contributed by atoms with Crippen LogP contribution in [0.1, 0.15) is 25.0 Å². The van der Waals surface area contributed by atoms with Crippen LogP contribution in [0, 0.1) is 11.3 Å². The van der Waals surface area contributed by atoms with Gasteiger partial charge in [-0.15, -0.1) is 0 Å². The largest absolute Gasteiger partial charge is 0.481 e. The lowest BCUT2D eigenvalue weighted by atomic mass is 9.91. The zero-order valence-corrected chi connectivity index (χ0v) is 12.2. The average Bonchev–Trinajstić information content (AvgIpc) is 2.94. The van der Waals surface area contributed by atoms with E-state index in [0.717, 1.165) is 16.9 Å². The molecule has 0 aromatic carbocycles. The zero-order chi connectivity index (χ0) is 16.8. The van der Waals surface area contributed by atoms with E-state index in [1.54, 1.807) is 4.90 Å². The molecular formula is C14H16F3N3O3. The molecule has 6 nitrogen and oxygen atoms in total. The Morgan fingerprint density at radius 1 is 1.35 bits per heavy atom. The van der Waals surface area contributed by atoms with Crippen LogP contribution in [0.15, 0.2) is 12.3 Å². The van der Waals surface area contributed by atoms with Crippen molar-refractivity contribution in [2.45, 2.75) is 32.0 Å². The van der Waals surface area contributed by atoms with Gasteiger partial charge in [-0.1, -0.05) is 0 Å². The number of hydrogen-bond donors (Lipinski definition) is 1. The number of halogens is 3. The molecule has 2 fully saturated rings. The van der Waals surface area contributed by atoms with Gasteiger partial charge >= 0.3 is 12.1 Å². The maximum atomic E-state index is 12.5. The number of aliphatic carboxylic acids is 1. The Kier molecular flexibility index (Phi) is 3.61. The number of carbonyl (C=O) groups excluding carboxylic acids is 1. The van der Waals surface area contributed by atoms with Crippen molar-refractivity contribution in [2.24, 2.45) is 11.3 Å². The molecule has 1 N–H and O–H groups in total. The summed E-state index contributed by atoms with van der Waals surface area (Å²) in [4.78, 5) is 24.7. The molecule has 2 aliphatic rings. The Bertz CT molecular complexity index is 633. The van der Waals surface area contributed by atoms with Crippen molar-refractivity contribution in [2.75, 3.05) is 13.1 Å². The molecule has 1 aliphatic heterocycles. The highest BCUT2D eigenvalue weighted by molar-refractivity contribution is 5.77. The molecule has 1 aromatic heterocycles. The zero-order valence-electron chi connectivity index (χ0n) is 12.2. The Morgan fingerprint density at radius 3 is 2.48 bits per heavy atom. The molecule has 1 amide bonds. The lowest BCUT2D eigenvalue weighted by Crippen LogP contribution is -2.41. The predicted molar refractivity (Wildman–Crippen MR) is 71.2 cm³/mol. The Morgan fingerprint density at radius 2 is 2.00 bits per heavy atom. The second-order valence-electron chi connectivity index (χ2n) is 6.23. The van der Waals surface area contributed by atoms with E-state index in [4.69, 9.17) is 5.11 Å². The maximum absolute atomic E-state index is 12.5. The number of carbonyl (C=O) groups is 2. The van der Waals surface area contributed by atoms with Gasteiger partial charge in [-0.3, -0.25) is 14.3 Å². The first-order valence-electron chi connectivity index (χ1n) is 7.32. The fourth-order valence-electron chi connectivity index (χ4n) is 3.29. The molecule has 0 radical (unpaired) electrons. The molecule has 23 heavy (non-hydrogen) atoms. The predicted octanol–water partition coefficient (Wildman–Crippen LogP) is 1.62. The fraction of sp³-hybridized carbons (Fsp3) is 0.643. The summed E-state index contributed by atoms with van der Waals surface area (Å²) < 4.78 is 38.4. The standard InChI is InChI=1S/C14H16F3N3O3/c15-14(16,17)10-1-4-20(18-10)8-11(21)19-5-2-13(3-6-19)7-9(13)12(22)23/h1,4,9H,2-3,5-8H2,(H,22,23). The highest BCUT2D eigenvalue weighted by Gasteiger charge is 2.59. The monoisotopic (exact) mass is 331 g/mol. The second kappa shape index (κ2) is 5.24. The molecule has 2 heterocycles. The van der Waals surface area contributed by atoms with Gasteiger partial charge in [0.1, 0.15) is 6.54 Å². The number of carboxylic acids is 1. The van der Waals surface area contributed by atoms with Crippen LogP contribution < -0.4 is 0 Å². The van der Waals surface area contributed by atoms with Crippen molar-refractivity contribution >= 4 is 11.9 Å². The third kappa shape index (κ3) is 3.04. The first-order valence-corrected chi connectivity index (χ1v) is 7.32. The lowest BCUT2D eigenvalue weighted by molar-refractivity contribution is -0.142. The van der Waals surface area contributed by atoms with E-state index in [-0.39, 0.29) is 23.8 Å². The molecule has 0 bridgehead atoms. The number of amides is 1. The van der Waals surface area contributed by atoms with Crippen molar-refractivity contribution in [3.8, 4) is 0 Å². The first-order chi connectivity index (χ1) is 10.7. The second-order valence-corrected chi connectivity index (χ2v) is 6.23. The maximum Gasteiger partial charge on any atom is 0.435 e.